The van der Waals surface area contributed by atoms with E-state index < -0.39 is 6.04 Å². The zero-order valence-electron chi connectivity index (χ0n) is 8.20. The van der Waals surface area contributed by atoms with Crippen LogP contribution < -0.4 is 5.32 Å². The molecule has 0 saturated heterocycles. The Morgan fingerprint density at radius 1 is 1.80 bits per heavy atom. The molecule has 78 valence electrons. The van der Waals surface area contributed by atoms with E-state index in [9.17, 15) is 4.79 Å². The van der Waals surface area contributed by atoms with Gasteiger partial charge in [0.05, 0.1) is 16.7 Å². The third-order valence-electron chi connectivity index (χ3n) is 1.89. The molecule has 0 spiro atoms. The van der Waals surface area contributed by atoms with Gasteiger partial charge in [0, 0.05) is 12.4 Å². The van der Waals surface area contributed by atoms with Crippen molar-refractivity contribution in [2.45, 2.75) is 19.4 Å². The molecule has 0 saturated carbocycles. The summed E-state index contributed by atoms with van der Waals surface area (Å²) in [7, 11) is 0. The minimum Gasteiger partial charge on any atom is -0.336 e. The Balaban J connectivity index is 2.79. The van der Waals surface area contributed by atoms with E-state index in [0.717, 1.165) is 0 Å². The summed E-state index contributed by atoms with van der Waals surface area (Å²) in [6.45, 7) is 1.82. The first-order valence-corrected chi connectivity index (χ1v) is 4.86. The maximum atomic E-state index is 11.6. The standard InChI is InChI=1S/C10H10ClN3O/c1-2-7(5-12)14-10(15)8-3-4-13-6-9(8)11/h3-4,6-7H,2H2,1H3,(H,14,15). The van der Waals surface area contributed by atoms with E-state index in [4.69, 9.17) is 16.9 Å². The van der Waals surface area contributed by atoms with Crippen LogP contribution in [0.2, 0.25) is 5.02 Å². The van der Waals surface area contributed by atoms with Gasteiger partial charge in [-0.25, -0.2) is 0 Å². The molecule has 1 amide bonds. The number of hydrogen-bond acceptors (Lipinski definition) is 3. The average molecular weight is 224 g/mol. The van der Waals surface area contributed by atoms with Gasteiger partial charge in [0.25, 0.3) is 5.91 Å². The first kappa shape index (κ1) is 11.5. The molecule has 0 aliphatic rings. The molecule has 5 heteroatoms. The fraction of sp³-hybridized carbons (Fsp3) is 0.300. The highest BCUT2D eigenvalue weighted by Gasteiger charge is 2.13. The zero-order valence-corrected chi connectivity index (χ0v) is 8.95. The molecule has 0 aliphatic carbocycles. The largest absolute Gasteiger partial charge is 0.336 e. The van der Waals surface area contributed by atoms with Crippen LogP contribution in [0.15, 0.2) is 18.5 Å². The summed E-state index contributed by atoms with van der Waals surface area (Å²) in [5.74, 6) is -0.351. The normalized spacial score (nSPS) is 11.5. The quantitative estimate of drug-likeness (QED) is 0.849. The van der Waals surface area contributed by atoms with Gasteiger partial charge in [0.2, 0.25) is 0 Å². The van der Waals surface area contributed by atoms with Gasteiger partial charge in [-0.05, 0) is 12.5 Å². The summed E-state index contributed by atoms with van der Waals surface area (Å²) < 4.78 is 0. The molecule has 15 heavy (non-hydrogen) atoms. The van der Waals surface area contributed by atoms with E-state index in [1.165, 1.54) is 18.5 Å². The predicted octanol–water partition coefficient (Wildman–Crippen LogP) is 1.77. The molecule has 0 aliphatic heterocycles. The maximum absolute atomic E-state index is 11.6. The number of amides is 1. The van der Waals surface area contributed by atoms with Crippen molar-refractivity contribution in [3.05, 3.63) is 29.0 Å². The molecule has 1 aromatic rings. The number of halogens is 1. The van der Waals surface area contributed by atoms with Crippen LogP contribution in [0, 0.1) is 11.3 Å². The fourth-order valence-electron chi connectivity index (χ4n) is 1.02. The van der Waals surface area contributed by atoms with Crippen molar-refractivity contribution in [1.82, 2.24) is 10.3 Å². The molecule has 1 aromatic heterocycles. The highest BCUT2D eigenvalue weighted by molar-refractivity contribution is 6.33. The summed E-state index contributed by atoms with van der Waals surface area (Å²) in [6, 6.07) is 3.01. The van der Waals surface area contributed by atoms with Gasteiger partial charge < -0.3 is 5.32 Å². The van der Waals surface area contributed by atoms with Gasteiger partial charge in [-0.2, -0.15) is 5.26 Å². The first-order valence-electron chi connectivity index (χ1n) is 4.49. The van der Waals surface area contributed by atoms with E-state index >= 15 is 0 Å². The lowest BCUT2D eigenvalue weighted by molar-refractivity contribution is 0.0944. The van der Waals surface area contributed by atoms with Gasteiger partial charge in [0.15, 0.2) is 0 Å². The third kappa shape index (κ3) is 2.93. The highest BCUT2D eigenvalue weighted by Crippen LogP contribution is 2.13. The fourth-order valence-corrected chi connectivity index (χ4v) is 1.23. The van der Waals surface area contributed by atoms with Crippen molar-refractivity contribution >= 4 is 17.5 Å². The molecular weight excluding hydrogens is 214 g/mol. The number of nitriles is 1. The predicted molar refractivity (Wildman–Crippen MR) is 56.4 cm³/mol. The second-order valence-corrected chi connectivity index (χ2v) is 3.33. The smallest absolute Gasteiger partial charge is 0.253 e. The Hall–Kier alpha value is -1.60. The summed E-state index contributed by atoms with van der Waals surface area (Å²) in [6.07, 6.45) is 3.43. The molecular formula is C10H10ClN3O. The number of aromatic nitrogens is 1. The molecule has 1 atom stereocenters. The summed E-state index contributed by atoms with van der Waals surface area (Å²) >= 11 is 5.78. The number of hydrogen-bond donors (Lipinski definition) is 1. The van der Waals surface area contributed by atoms with Crippen LogP contribution in [0.5, 0.6) is 0 Å². The van der Waals surface area contributed by atoms with Crippen molar-refractivity contribution in [2.24, 2.45) is 0 Å². The average Bonchev–Trinajstić information content (AvgIpc) is 2.26. The highest BCUT2D eigenvalue weighted by atomic mass is 35.5. The van der Waals surface area contributed by atoms with E-state index in [2.05, 4.69) is 10.3 Å². The van der Waals surface area contributed by atoms with Crippen LogP contribution in [0.25, 0.3) is 0 Å². The summed E-state index contributed by atoms with van der Waals surface area (Å²) in [5, 5.41) is 11.5. The van der Waals surface area contributed by atoms with Crippen LogP contribution in [0.1, 0.15) is 23.7 Å². The topological polar surface area (TPSA) is 65.8 Å². The third-order valence-corrected chi connectivity index (χ3v) is 2.19. The Kier molecular flexibility index (Phi) is 4.07. The van der Waals surface area contributed by atoms with Gasteiger partial charge in [-0.15, -0.1) is 0 Å². The SMILES string of the molecule is CCC(C#N)NC(=O)c1ccncc1Cl. The Labute approximate surface area is 92.9 Å². The van der Waals surface area contributed by atoms with Crippen molar-refractivity contribution in [2.75, 3.05) is 0 Å². The summed E-state index contributed by atoms with van der Waals surface area (Å²) in [5.41, 5.74) is 0.334. The lowest BCUT2D eigenvalue weighted by Gasteiger charge is -2.09. The monoisotopic (exact) mass is 223 g/mol. The molecule has 1 N–H and O–H groups in total. The second-order valence-electron chi connectivity index (χ2n) is 2.92. The maximum Gasteiger partial charge on any atom is 0.253 e. The minimum atomic E-state index is -0.485. The molecule has 0 fully saturated rings. The van der Waals surface area contributed by atoms with Crippen molar-refractivity contribution < 1.29 is 4.79 Å². The Morgan fingerprint density at radius 2 is 2.53 bits per heavy atom. The van der Waals surface area contributed by atoms with Crippen molar-refractivity contribution in [3.63, 3.8) is 0 Å². The lowest BCUT2D eigenvalue weighted by atomic mass is 10.2. The van der Waals surface area contributed by atoms with Crippen LogP contribution in [0.3, 0.4) is 0 Å². The molecule has 0 aromatic carbocycles. The first-order chi connectivity index (χ1) is 7.19. The molecule has 0 bridgehead atoms. The van der Waals surface area contributed by atoms with Gasteiger partial charge in [-0.1, -0.05) is 18.5 Å². The Bertz CT molecular complexity index is 400. The summed E-state index contributed by atoms with van der Waals surface area (Å²) in [4.78, 5) is 15.4. The number of carbonyl (C=O) groups is 1. The van der Waals surface area contributed by atoms with Crippen molar-refractivity contribution in [3.8, 4) is 6.07 Å². The minimum absolute atomic E-state index is 0.280. The number of nitrogens with zero attached hydrogens (tertiary/aromatic N) is 2. The number of nitrogens with one attached hydrogen (secondary N) is 1. The lowest BCUT2D eigenvalue weighted by Crippen LogP contribution is -2.33. The molecule has 1 rings (SSSR count). The second kappa shape index (κ2) is 5.32. The molecule has 0 radical (unpaired) electrons. The zero-order chi connectivity index (χ0) is 11.3. The van der Waals surface area contributed by atoms with E-state index in [1.807, 2.05) is 13.0 Å². The molecule has 4 nitrogen and oxygen atoms in total. The number of pyridine rings is 1. The van der Waals surface area contributed by atoms with E-state index in [0.29, 0.717) is 12.0 Å². The van der Waals surface area contributed by atoms with Crippen LogP contribution in [-0.4, -0.2) is 16.9 Å². The van der Waals surface area contributed by atoms with E-state index in [-0.39, 0.29) is 10.9 Å². The van der Waals surface area contributed by atoms with Gasteiger partial charge in [-0.3, -0.25) is 9.78 Å². The van der Waals surface area contributed by atoms with Crippen LogP contribution in [-0.2, 0) is 0 Å². The molecule has 1 heterocycles. The molecule has 1 unspecified atom stereocenters. The van der Waals surface area contributed by atoms with Crippen molar-refractivity contribution in [1.29, 1.82) is 5.26 Å². The van der Waals surface area contributed by atoms with Gasteiger partial charge >= 0.3 is 0 Å². The van der Waals surface area contributed by atoms with E-state index in [1.54, 1.807) is 0 Å². The van der Waals surface area contributed by atoms with Crippen LogP contribution >= 0.6 is 11.6 Å². The van der Waals surface area contributed by atoms with Crippen LogP contribution in [0.4, 0.5) is 0 Å². The number of carbonyl (C=O) groups excluding carboxylic acids is 1. The number of rotatable bonds is 3. The Morgan fingerprint density at radius 3 is 3.07 bits per heavy atom. The van der Waals surface area contributed by atoms with Gasteiger partial charge in [0.1, 0.15) is 6.04 Å².